The van der Waals surface area contributed by atoms with Crippen molar-refractivity contribution in [2.45, 2.75) is 11.7 Å². The molecule has 7 nitrogen and oxygen atoms in total. The average Bonchev–Trinajstić information content (AvgIpc) is 3.05. The third kappa shape index (κ3) is 2.82. The van der Waals surface area contributed by atoms with Crippen LogP contribution < -0.4 is 15.8 Å². The number of nitrogens with zero attached hydrogens (tertiary/aromatic N) is 2. The molecule has 2 heterocycles. The highest BCUT2D eigenvalue weighted by molar-refractivity contribution is 7.89. The molecular formula is C13H14N4O3S2. The van der Waals surface area contributed by atoms with Gasteiger partial charge in [-0.05, 0) is 12.1 Å². The minimum absolute atomic E-state index is 0.0802. The van der Waals surface area contributed by atoms with Gasteiger partial charge in [-0.15, -0.1) is 11.3 Å². The smallest absolute Gasteiger partial charge is 0.228 e. The molecule has 3 rings (SSSR count). The lowest BCUT2D eigenvalue weighted by molar-refractivity contribution is -0.117. The highest BCUT2D eigenvalue weighted by Gasteiger charge is 2.37. The summed E-state index contributed by atoms with van der Waals surface area (Å²) in [7, 11) is -3.71. The summed E-state index contributed by atoms with van der Waals surface area (Å²) in [4.78, 5) is 17.6. The van der Waals surface area contributed by atoms with Crippen molar-refractivity contribution in [3.8, 4) is 11.3 Å². The number of nitrogen functional groups attached to an aromatic ring is 1. The van der Waals surface area contributed by atoms with Crippen molar-refractivity contribution >= 4 is 38.1 Å². The maximum atomic E-state index is 12.0. The summed E-state index contributed by atoms with van der Waals surface area (Å²) >= 11 is 1.35. The van der Waals surface area contributed by atoms with E-state index in [1.165, 1.54) is 16.2 Å². The second kappa shape index (κ2) is 5.34. The predicted molar refractivity (Wildman–Crippen MR) is 85.8 cm³/mol. The standard InChI is InChI=1S/C13H14N4O3S2/c14-13-16-11(7-21-13)8-1-3-9(4-2-8)17-6-10(5-12(17)18)22(15,19)20/h1-4,7,10H,5-6H2,(H2,14,16)(H2,15,19,20). The highest BCUT2D eigenvalue weighted by Crippen LogP contribution is 2.28. The molecule has 0 aliphatic carbocycles. The number of primary sulfonamides is 1. The number of aromatic nitrogens is 1. The number of thiazole rings is 1. The van der Waals surface area contributed by atoms with Crippen LogP contribution in [-0.4, -0.2) is 31.1 Å². The van der Waals surface area contributed by atoms with Gasteiger partial charge in [-0.25, -0.2) is 18.5 Å². The first-order chi connectivity index (χ1) is 10.3. The van der Waals surface area contributed by atoms with Crippen LogP contribution >= 0.6 is 11.3 Å². The van der Waals surface area contributed by atoms with Crippen molar-refractivity contribution in [3.05, 3.63) is 29.6 Å². The first kappa shape index (κ1) is 14.9. The minimum atomic E-state index is -3.71. The Morgan fingerprint density at radius 1 is 1.27 bits per heavy atom. The lowest BCUT2D eigenvalue weighted by Gasteiger charge is -2.16. The molecule has 0 radical (unpaired) electrons. The van der Waals surface area contributed by atoms with Gasteiger partial charge in [-0.3, -0.25) is 4.79 Å². The zero-order valence-electron chi connectivity index (χ0n) is 11.5. The molecule has 9 heteroatoms. The number of hydrogen-bond donors (Lipinski definition) is 2. The van der Waals surface area contributed by atoms with Crippen LogP contribution in [0.4, 0.5) is 10.8 Å². The summed E-state index contributed by atoms with van der Waals surface area (Å²) in [6.07, 6.45) is -0.0802. The van der Waals surface area contributed by atoms with E-state index in [2.05, 4.69) is 4.98 Å². The van der Waals surface area contributed by atoms with Crippen molar-refractivity contribution in [1.29, 1.82) is 0 Å². The van der Waals surface area contributed by atoms with Crippen molar-refractivity contribution < 1.29 is 13.2 Å². The number of benzene rings is 1. The van der Waals surface area contributed by atoms with Crippen LogP contribution in [0.5, 0.6) is 0 Å². The van der Waals surface area contributed by atoms with E-state index in [0.717, 1.165) is 11.3 Å². The van der Waals surface area contributed by atoms with Gasteiger partial charge in [-0.2, -0.15) is 0 Å². The average molecular weight is 338 g/mol. The van der Waals surface area contributed by atoms with E-state index in [1.807, 2.05) is 17.5 Å². The first-order valence-electron chi connectivity index (χ1n) is 6.48. The third-order valence-electron chi connectivity index (χ3n) is 3.55. The van der Waals surface area contributed by atoms with Gasteiger partial charge in [0.1, 0.15) is 5.25 Å². The van der Waals surface area contributed by atoms with Crippen LogP contribution in [0, 0.1) is 0 Å². The van der Waals surface area contributed by atoms with Crippen LogP contribution in [0.3, 0.4) is 0 Å². The fourth-order valence-electron chi connectivity index (χ4n) is 2.38. The van der Waals surface area contributed by atoms with Crippen molar-refractivity contribution in [3.63, 3.8) is 0 Å². The topological polar surface area (TPSA) is 119 Å². The summed E-state index contributed by atoms with van der Waals surface area (Å²) in [5.41, 5.74) is 7.90. The van der Waals surface area contributed by atoms with Gasteiger partial charge in [0.05, 0.1) is 5.69 Å². The molecule has 116 valence electrons. The summed E-state index contributed by atoms with van der Waals surface area (Å²) in [5, 5.41) is 6.61. The molecule has 4 N–H and O–H groups in total. The van der Waals surface area contributed by atoms with Gasteiger partial charge in [0.15, 0.2) is 5.13 Å². The van der Waals surface area contributed by atoms with Gasteiger partial charge in [0.25, 0.3) is 0 Å². The fraction of sp³-hybridized carbons (Fsp3) is 0.231. The molecule has 1 fully saturated rings. The Balaban J connectivity index is 1.83. The highest BCUT2D eigenvalue weighted by atomic mass is 32.2. The number of nitrogens with two attached hydrogens (primary N) is 2. The maximum absolute atomic E-state index is 12.0. The first-order valence-corrected chi connectivity index (χ1v) is 8.97. The monoisotopic (exact) mass is 338 g/mol. The lowest BCUT2D eigenvalue weighted by atomic mass is 10.1. The third-order valence-corrected chi connectivity index (χ3v) is 5.47. The van der Waals surface area contributed by atoms with E-state index >= 15 is 0 Å². The quantitative estimate of drug-likeness (QED) is 0.857. The SMILES string of the molecule is Nc1nc(-c2ccc(N3CC(S(N)(=O)=O)CC3=O)cc2)cs1. The minimum Gasteiger partial charge on any atom is -0.375 e. The molecule has 1 aromatic carbocycles. The number of sulfonamides is 1. The molecule has 2 aromatic rings. The normalized spacial score (nSPS) is 18.9. The lowest BCUT2D eigenvalue weighted by Crippen LogP contribution is -2.32. The van der Waals surface area contributed by atoms with E-state index in [0.29, 0.717) is 10.8 Å². The Labute approximate surface area is 131 Å². The molecule has 1 aliphatic rings. The van der Waals surface area contributed by atoms with Crippen molar-refractivity contribution in [2.24, 2.45) is 5.14 Å². The Kier molecular flexibility index (Phi) is 3.63. The number of amides is 1. The summed E-state index contributed by atoms with van der Waals surface area (Å²) in [5.74, 6) is -0.246. The number of carbonyl (C=O) groups excluding carboxylic acids is 1. The van der Waals surface area contributed by atoms with E-state index in [4.69, 9.17) is 10.9 Å². The Morgan fingerprint density at radius 2 is 1.95 bits per heavy atom. The molecule has 1 amide bonds. The van der Waals surface area contributed by atoms with Gasteiger partial charge >= 0.3 is 0 Å². The van der Waals surface area contributed by atoms with Crippen LogP contribution in [0.1, 0.15) is 6.42 Å². The van der Waals surface area contributed by atoms with Gasteiger partial charge in [0.2, 0.25) is 15.9 Å². The van der Waals surface area contributed by atoms with E-state index in [9.17, 15) is 13.2 Å². The number of rotatable bonds is 3. The Morgan fingerprint density at radius 3 is 2.45 bits per heavy atom. The second-order valence-electron chi connectivity index (χ2n) is 5.04. The maximum Gasteiger partial charge on any atom is 0.228 e. The molecule has 1 unspecified atom stereocenters. The van der Waals surface area contributed by atoms with Crippen LogP contribution in [0.25, 0.3) is 11.3 Å². The van der Waals surface area contributed by atoms with Crippen LogP contribution in [0.2, 0.25) is 0 Å². The van der Waals surface area contributed by atoms with Crippen molar-refractivity contribution in [1.82, 2.24) is 4.98 Å². The summed E-state index contributed by atoms with van der Waals surface area (Å²) in [6, 6.07) is 7.16. The van der Waals surface area contributed by atoms with Gasteiger partial charge < -0.3 is 10.6 Å². The molecule has 1 saturated heterocycles. The van der Waals surface area contributed by atoms with E-state index in [-0.39, 0.29) is 18.9 Å². The Hall–Kier alpha value is -1.97. The predicted octanol–water partition coefficient (Wildman–Crippen LogP) is 0.786. The summed E-state index contributed by atoms with van der Waals surface area (Å²) < 4.78 is 22.8. The Bertz CT molecular complexity index is 814. The van der Waals surface area contributed by atoms with Gasteiger partial charge in [0, 0.05) is 29.6 Å². The van der Waals surface area contributed by atoms with Gasteiger partial charge in [-0.1, -0.05) is 12.1 Å². The summed E-state index contributed by atoms with van der Waals surface area (Å²) in [6.45, 7) is 0.0840. The fourth-order valence-corrected chi connectivity index (χ4v) is 3.68. The number of hydrogen-bond acceptors (Lipinski definition) is 6. The molecule has 22 heavy (non-hydrogen) atoms. The molecule has 0 spiro atoms. The molecule has 0 bridgehead atoms. The molecule has 1 atom stereocenters. The molecule has 1 aliphatic heterocycles. The van der Waals surface area contributed by atoms with Crippen LogP contribution in [0.15, 0.2) is 29.6 Å². The zero-order chi connectivity index (χ0) is 15.9. The van der Waals surface area contributed by atoms with Crippen molar-refractivity contribution in [2.75, 3.05) is 17.2 Å². The molecular weight excluding hydrogens is 324 g/mol. The van der Waals surface area contributed by atoms with E-state index < -0.39 is 15.3 Å². The molecule has 0 saturated carbocycles. The van der Waals surface area contributed by atoms with Crippen LogP contribution in [-0.2, 0) is 14.8 Å². The molecule has 1 aromatic heterocycles. The zero-order valence-corrected chi connectivity index (χ0v) is 13.1. The number of carbonyl (C=O) groups is 1. The second-order valence-corrected chi connectivity index (χ2v) is 7.77. The largest absolute Gasteiger partial charge is 0.375 e. The van der Waals surface area contributed by atoms with E-state index in [1.54, 1.807) is 12.1 Å². The number of anilines is 2.